The fraction of sp³-hybridized carbons (Fsp3) is 0.529. The predicted molar refractivity (Wildman–Crippen MR) is 114 cm³/mol. The van der Waals surface area contributed by atoms with Crippen molar-refractivity contribution in [3.8, 4) is 0 Å². The zero-order chi connectivity index (χ0) is 16.8. The summed E-state index contributed by atoms with van der Waals surface area (Å²) >= 11 is 3.33. The summed E-state index contributed by atoms with van der Waals surface area (Å²) in [5.41, 5.74) is 6.04. The highest BCUT2D eigenvalue weighted by Crippen LogP contribution is 2.20. The van der Waals surface area contributed by atoms with Gasteiger partial charge in [-0.15, -0.1) is 47.5 Å². The van der Waals surface area contributed by atoms with E-state index in [-0.39, 0.29) is 30.7 Å². The fourth-order valence-electron chi connectivity index (χ4n) is 2.95. The van der Waals surface area contributed by atoms with E-state index in [9.17, 15) is 4.79 Å². The van der Waals surface area contributed by atoms with Crippen LogP contribution in [0.2, 0.25) is 0 Å². The number of carbonyl (C=O) groups is 1. The molecule has 0 aliphatic carbocycles. The zero-order valence-electron chi connectivity index (χ0n) is 14.6. The molecular weight excluding hydrogens is 411 g/mol. The number of amides is 1. The average Bonchev–Trinajstić information content (AvgIpc) is 3.26. The maximum Gasteiger partial charge on any atom is 0.270 e. The molecule has 0 spiro atoms. The summed E-state index contributed by atoms with van der Waals surface area (Å²) in [6, 6.07) is 4.31. The molecule has 26 heavy (non-hydrogen) atoms. The van der Waals surface area contributed by atoms with Crippen LogP contribution in [-0.4, -0.2) is 42.0 Å². The summed E-state index contributed by atoms with van der Waals surface area (Å²) < 4.78 is 0. The first-order chi connectivity index (χ1) is 11.7. The Morgan fingerprint density at radius 1 is 1.31 bits per heavy atom. The topological polar surface area (TPSA) is 71.2 Å². The third-order valence-corrected chi connectivity index (χ3v) is 6.13. The van der Waals surface area contributed by atoms with Gasteiger partial charge >= 0.3 is 0 Å². The van der Waals surface area contributed by atoms with E-state index in [1.807, 2.05) is 16.7 Å². The van der Waals surface area contributed by atoms with Gasteiger partial charge in [0.05, 0.1) is 5.01 Å². The van der Waals surface area contributed by atoms with Crippen molar-refractivity contribution in [3.05, 3.63) is 38.5 Å². The van der Waals surface area contributed by atoms with E-state index in [1.54, 1.807) is 0 Å². The van der Waals surface area contributed by atoms with Crippen LogP contribution in [0.4, 0.5) is 0 Å². The van der Waals surface area contributed by atoms with Gasteiger partial charge in [0.1, 0.15) is 5.69 Å². The van der Waals surface area contributed by atoms with E-state index >= 15 is 0 Å². The minimum absolute atomic E-state index is 0. The molecule has 1 aliphatic heterocycles. The standard InChI is InChI=1S/C17H24N4OS2.2ClH/c18-6-3-16-20-15(12-24-16)17(22)19-10-13-4-7-21(8-5-13)11-14-2-1-9-23-14;;/h1-2,9,12-13H,3-8,10-11,18H2,(H,19,22);2*1H. The second-order valence-electron chi connectivity index (χ2n) is 6.17. The number of nitrogens with one attached hydrogen (secondary N) is 1. The number of hydrogen-bond donors (Lipinski definition) is 2. The monoisotopic (exact) mass is 436 g/mol. The van der Waals surface area contributed by atoms with E-state index in [2.05, 4.69) is 32.7 Å². The van der Waals surface area contributed by atoms with Gasteiger partial charge in [-0.05, 0) is 49.8 Å². The Kier molecular flexibility index (Phi) is 10.7. The molecule has 146 valence electrons. The molecule has 5 nitrogen and oxygen atoms in total. The lowest BCUT2D eigenvalue weighted by Gasteiger charge is -2.31. The van der Waals surface area contributed by atoms with Gasteiger partial charge in [0.15, 0.2) is 0 Å². The van der Waals surface area contributed by atoms with E-state index in [1.165, 1.54) is 16.2 Å². The molecule has 1 fully saturated rings. The van der Waals surface area contributed by atoms with Gasteiger partial charge in [0.25, 0.3) is 5.91 Å². The SMILES string of the molecule is Cl.Cl.NCCc1nc(C(=O)NCC2CCN(Cc3cccs3)CC2)cs1. The first-order valence-corrected chi connectivity index (χ1v) is 10.2. The summed E-state index contributed by atoms with van der Waals surface area (Å²) in [5.74, 6) is 0.506. The van der Waals surface area contributed by atoms with Crippen LogP contribution in [0, 0.1) is 5.92 Å². The maximum atomic E-state index is 12.2. The number of rotatable bonds is 7. The summed E-state index contributed by atoms with van der Waals surface area (Å²) in [6.07, 6.45) is 3.02. The number of piperidine rings is 1. The Bertz CT molecular complexity index is 643. The lowest BCUT2D eigenvalue weighted by atomic mass is 9.96. The van der Waals surface area contributed by atoms with Crippen molar-refractivity contribution < 1.29 is 4.79 Å². The van der Waals surface area contributed by atoms with Crippen molar-refractivity contribution in [2.45, 2.75) is 25.8 Å². The Hall–Kier alpha value is -0.700. The lowest BCUT2D eigenvalue weighted by molar-refractivity contribution is 0.0931. The van der Waals surface area contributed by atoms with Crippen molar-refractivity contribution in [1.82, 2.24) is 15.2 Å². The minimum atomic E-state index is -0.0597. The highest BCUT2D eigenvalue weighted by atomic mass is 35.5. The second kappa shape index (κ2) is 11.9. The molecule has 1 saturated heterocycles. The third-order valence-electron chi connectivity index (χ3n) is 4.36. The summed E-state index contributed by atoms with van der Waals surface area (Å²) in [4.78, 5) is 20.4. The number of likely N-dealkylation sites (tertiary alicyclic amines) is 1. The van der Waals surface area contributed by atoms with Crippen molar-refractivity contribution in [3.63, 3.8) is 0 Å². The molecule has 9 heteroatoms. The van der Waals surface area contributed by atoms with Crippen LogP contribution >= 0.6 is 47.5 Å². The molecule has 3 rings (SSSR count). The molecule has 0 bridgehead atoms. The smallest absolute Gasteiger partial charge is 0.270 e. The number of hydrogen-bond acceptors (Lipinski definition) is 6. The molecule has 0 atom stereocenters. The van der Waals surface area contributed by atoms with Crippen LogP contribution in [0.25, 0.3) is 0 Å². The largest absolute Gasteiger partial charge is 0.350 e. The Balaban J connectivity index is 0.00000169. The fourth-order valence-corrected chi connectivity index (χ4v) is 4.49. The Morgan fingerprint density at radius 2 is 2.08 bits per heavy atom. The van der Waals surface area contributed by atoms with Gasteiger partial charge in [0.2, 0.25) is 0 Å². The third kappa shape index (κ3) is 6.79. The molecule has 0 unspecified atom stereocenters. The normalized spacial score (nSPS) is 15.1. The molecule has 0 saturated carbocycles. The minimum Gasteiger partial charge on any atom is -0.350 e. The Morgan fingerprint density at radius 3 is 2.73 bits per heavy atom. The number of aromatic nitrogens is 1. The average molecular weight is 437 g/mol. The quantitative estimate of drug-likeness (QED) is 0.698. The first kappa shape index (κ1) is 23.3. The van der Waals surface area contributed by atoms with Crippen molar-refractivity contribution in [2.24, 2.45) is 11.7 Å². The summed E-state index contributed by atoms with van der Waals surface area (Å²) in [6.45, 7) is 4.58. The Labute approximate surface area is 175 Å². The number of halogens is 2. The van der Waals surface area contributed by atoms with E-state index in [0.717, 1.165) is 50.4 Å². The van der Waals surface area contributed by atoms with E-state index in [4.69, 9.17) is 5.73 Å². The molecule has 3 heterocycles. The zero-order valence-corrected chi connectivity index (χ0v) is 17.8. The van der Waals surface area contributed by atoms with Crippen LogP contribution in [0.1, 0.15) is 33.2 Å². The number of nitrogens with zero attached hydrogens (tertiary/aromatic N) is 2. The van der Waals surface area contributed by atoms with Gasteiger partial charge in [-0.1, -0.05) is 6.07 Å². The molecular formula is C17H26Cl2N4OS2. The van der Waals surface area contributed by atoms with Crippen molar-refractivity contribution in [1.29, 1.82) is 0 Å². The van der Waals surface area contributed by atoms with Crippen LogP contribution in [-0.2, 0) is 13.0 Å². The van der Waals surface area contributed by atoms with Crippen LogP contribution in [0.5, 0.6) is 0 Å². The summed E-state index contributed by atoms with van der Waals surface area (Å²) in [5, 5.41) is 7.93. The van der Waals surface area contributed by atoms with Crippen LogP contribution < -0.4 is 11.1 Å². The number of thiazole rings is 1. The van der Waals surface area contributed by atoms with Gasteiger partial charge in [0, 0.05) is 29.8 Å². The van der Waals surface area contributed by atoms with Gasteiger partial charge in [-0.25, -0.2) is 4.98 Å². The molecule has 0 radical (unpaired) electrons. The maximum absolute atomic E-state index is 12.2. The molecule has 1 aliphatic rings. The molecule has 3 N–H and O–H groups in total. The van der Waals surface area contributed by atoms with Gasteiger partial charge in [-0.3, -0.25) is 9.69 Å². The van der Waals surface area contributed by atoms with E-state index < -0.39 is 0 Å². The number of nitrogens with two attached hydrogens (primary N) is 1. The molecule has 2 aromatic rings. The van der Waals surface area contributed by atoms with Gasteiger partial charge < -0.3 is 11.1 Å². The number of thiophene rings is 1. The highest BCUT2D eigenvalue weighted by Gasteiger charge is 2.20. The van der Waals surface area contributed by atoms with Crippen LogP contribution in [0.3, 0.4) is 0 Å². The number of carbonyl (C=O) groups excluding carboxylic acids is 1. The lowest BCUT2D eigenvalue weighted by Crippen LogP contribution is -2.38. The second-order valence-corrected chi connectivity index (χ2v) is 8.15. The first-order valence-electron chi connectivity index (χ1n) is 8.42. The summed E-state index contributed by atoms with van der Waals surface area (Å²) in [7, 11) is 0. The molecule has 1 amide bonds. The van der Waals surface area contributed by atoms with Crippen molar-refractivity contribution in [2.75, 3.05) is 26.2 Å². The van der Waals surface area contributed by atoms with E-state index in [0.29, 0.717) is 18.2 Å². The van der Waals surface area contributed by atoms with Crippen LogP contribution in [0.15, 0.2) is 22.9 Å². The van der Waals surface area contributed by atoms with Crippen molar-refractivity contribution >= 4 is 53.4 Å². The highest BCUT2D eigenvalue weighted by molar-refractivity contribution is 7.10. The molecule has 2 aromatic heterocycles. The van der Waals surface area contributed by atoms with Gasteiger partial charge in [-0.2, -0.15) is 0 Å². The molecule has 0 aromatic carbocycles. The predicted octanol–water partition coefficient (Wildman–Crippen LogP) is 3.19.